The number of nitrogens with zero attached hydrogens (tertiary/aromatic N) is 4. The van der Waals surface area contributed by atoms with E-state index in [1.54, 1.807) is 17.7 Å². The monoisotopic (exact) mass is 234 g/mol. The Balaban J connectivity index is 2.36. The summed E-state index contributed by atoms with van der Waals surface area (Å²) in [6, 6.07) is 2.27. The van der Waals surface area contributed by atoms with Crippen molar-refractivity contribution in [2.24, 2.45) is 4.99 Å². The van der Waals surface area contributed by atoms with Gasteiger partial charge in [-0.05, 0) is 7.05 Å². The number of hydrogen-bond donors (Lipinski definition) is 0. The van der Waals surface area contributed by atoms with Gasteiger partial charge in [-0.3, -0.25) is 4.90 Å². The van der Waals surface area contributed by atoms with Crippen molar-refractivity contribution in [2.75, 3.05) is 21.1 Å². The van der Waals surface area contributed by atoms with Crippen LogP contribution in [0.25, 0.3) is 0 Å². The highest BCUT2D eigenvalue weighted by atomic mass is 32.1. The average Bonchev–Trinajstić information content (AvgIpc) is 2.69. The Morgan fingerprint density at radius 2 is 2.25 bits per heavy atom. The molecule has 84 valence electrons. The molecule has 0 amide bonds. The Bertz CT molecular complexity index is 467. The van der Waals surface area contributed by atoms with Gasteiger partial charge in [0.15, 0.2) is 0 Å². The fraction of sp³-hybridized carbons (Fsp3) is 0.455. The van der Waals surface area contributed by atoms with Gasteiger partial charge >= 0.3 is 0 Å². The first kappa shape index (κ1) is 11.1. The third-order valence-corrected chi connectivity index (χ3v) is 3.56. The van der Waals surface area contributed by atoms with Crippen LogP contribution in [0.2, 0.25) is 0 Å². The minimum absolute atomic E-state index is 0.752. The molecule has 5 heteroatoms. The molecule has 0 fully saturated rings. The summed E-state index contributed by atoms with van der Waals surface area (Å²) in [7, 11) is 5.91. The predicted octanol–water partition coefficient (Wildman–Crippen LogP) is 1.79. The molecule has 0 atom stereocenters. The van der Waals surface area contributed by atoms with Crippen LogP contribution in [-0.2, 0) is 13.1 Å². The molecule has 1 aliphatic heterocycles. The Morgan fingerprint density at radius 3 is 2.88 bits per heavy atom. The summed E-state index contributed by atoms with van der Waals surface area (Å²) in [5.41, 5.74) is 1.92. The molecule has 0 saturated carbocycles. The molecule has 0 spiro atoms. The van der Waals surface area contributed by atoms with Crippen LogP contribution in [-0.4, -0.2) is 37.3 Å². The van der Waals surface area contributed by atoms with Gasteiger partial charge in [0.05, 0.1) is 11.9 Å². The van der Waals surface area contributed by atoms with Crippen LogP contribution in [0.1, 0.15) is 16.0 Å². The number of hydrogen-bond acceptors (Lipinski definition) is 4. The smallest absolute Gasteiger partial charge is 0.136 e. The van der Waals surface area contributed by atoms with Gasteiger partial charge in [-0.15, -0.1) is 11.3 Å². The van der Waals surface area contributed by atoms with Gasteiger partial charge in [0, 0.05) is 37.6 Å². The molecule has 1 aromatic rings. The molecule has 0 N–H and O–H groups in total. The van der Waals surface area contributed by atoms with Crippen molar-refractivity contribution in [1.82, 2.24) is 9.80 Å². The van der Waals surface area contributed by atoms with E-state index >= 15 is 0 Å². The Labute approximate surface area is 99.4 Å². The van der Waals surface area contributed by atoms with E-state index in [4.69, 9.17) is 0 Å². The lowest BCUT2D eigenvalue weighted by Gasteiger charge is -2.05. The zero-order chi connectivity index (χ0) is 11.7. The standard InChI is InChI=1S/C11H14N4S/c1-14(2)7-13-11-8(4-12)9-5-15(3)6-10(9)16-11/h7H,5-6H2,1-3H3. The molecule has 2 rings (SSSR count). The van der Waals surface area contributed by atoms with E-state index < -0.39 is 0 Å². The van der Waals surface area contributed by atoms with E-state index in [2.05, 4.69) is 23.0 Å². The Kier molecular flexibility index (Phi) is 2.95. The number of nitriles is 1. The van der Waals surface area contributed by atoms with Crippen LogP contribution in [0.3, 0.4) is 0 Å². The summed E-state index contributed by atoms with van der Waals surface area (Å²) in [5.74, 6) is 0. The summed E-state index contributed by atoms with van der Waals surface area (Å²) < 4.78 is 0. The van der Waals surface area contributed by atoms with E-state index in [0.29, 0.717) is 0 Å². The first-order valence-corrected chi connectivity index (χ1v) is 5.87. The van der Waals surface area contributed by atoms with Gasteiger partial charge in [-0.2, -0.15) is 5.26 Å². The molecule has 0 unspecified atom stereocenters. The van der Waals surface area contributed by atoms with Gasteiger partial charge in [-0.1, -0.05) is 0 Å². The van der Waals surface area contributed by atoms with Crippen LogP contribution in [0.4, 0.5) is 5.00 Å². The maximum Gasteiger partial charge on any atom is 0.136 e. The third-order valence-electron chi connectivity index (χ3n) is 2.43. The molecule has 4 nitrogen and oxygen atoms in total. The van der Waals surface area contributed by atoms with E-state index in [1.165, 1.54) is 10.4 Å². The maximum absolute atomic E-state index is 9.17. The fourth-order valence-electron chi connectivity index (χ4n) is 1.74. The van der Waals surface area contributed by atoms with E-state index in [0.717, 1.165) is 23.7 Å². The quantitative estimate of drug-likeness (QED) is 0.578. The molecule has 2 heterocycles. The minimum atomic E-state index is 0.752. The second-order valence-corrected chi connectivity index (χ2v) is 5.26. The lowest BCUT2D eigenvalue weighted by Crippen LogP contribution is -2.08. The summed E-state index contributed by atoms with van der Waals surface area (Å²) in [4.78, 5) is 9.71. The number of aliphatic imine (C=N–C) groups is 1. The lowest BCUT2D eigenvalue weighted by atomic mass is 10.2. The highest BCUT2D eigenvalue weighted by Crippen LogP contribution is 2.39. The molecule has 0 bridgehead atoms. The normalized spacial score (nSPS) is 15.4. The summed E-state index contributed by atoms with van der Waals surface area (Å²) in [6.45, 7) is 1.80. The fourth-order valence-corrected chi connectivity index (χ4v) is 2.92. The maximum atomic E-state index is 9.17. The SMILES string of the molecule is CN(C)C=Nc1sc2c(c1C#N)CN(C)C2. The summed E-state index contributed by atoms with van der Waals surface area (Å²) in [5, 5.41) is 10.0. The van der Waals surface area contributed by atoms with Crippen molar-refractivity contribution in [3.8, 4) is 6.07 Å². The molecule has 0 aliphatic carbocycles. The van der Waals surface area contributed by atoms with Gasteiger partial charge < -0.3 is 4.90 Å². The van der Waals surface area contributed by atoms with E-state index in [9.17, 15) is 5.26 Å². The van der Waals surface area contributed by atoms with Gasteiger partial charge in [-0.25, -0.2) is 4.99 Å². The van der Waals surface area contributed by atoms with Crippen molar-refractivity contribution in [3.05, 3.63) is 16.0 Å². The molecule has 0 saturated heterocycles. The molecule has 1 aromatic heterocycles. The van der Waals surface area contributed by atoms with Crippen molar-refractivity contribution in [2.45, 2.75) is 13.1 Å². The first-order chi connectivity index (χ1) is 7.61. The zero-order valence-electron chi connectivity index (χ0n) is 9.69. The zero-order valence-corrected chi connectivity index (χ0v) is 10.5. The Morgan fingerprint density at radius 1 is 1.50 bits per heavy atom. The summed E-state index contributed by atoms with van der Waals surface area (Å²) >= 11 is 1.63. The number of thiophene rings is 1. The van der Waals surface area contributed by atoms with Crippen LogP contribution >= 0.6 is 11.3 Å². The Hall–Kier alpha value is -1.38. The average molecular weight is 234 g/mol. The molecule has 0 aromatic carbocycles. The van der Waals surface area contributed by atoms with Crippen molar-refractivity contribution in [1.29, 1.82) is 5.26 Å². The topological polar surface area (TPSA) is 42.6 Å². The molecule has 0 radical (unpaired) electrons. The van der Waals surface area contributed by atoms with Crippen LogP contribution in [0.5, 0.6) is 0 Å². The highest BCUT2D eigenvalue weighted by molar-refractivity contribution is 7.16. The van der Waals surface area contributed by atoms with Crippen LogP contribution in [0.15, 0.2) is 4.99 Å². The van der Waals surface area contributed by atoms with E-state index in [1.807, 2.05) is 19.0 Å². The van der Waals surface area contributed by atoms with Crippen LogP contribution < -0.4 is 0 Å². The predicted molar refractivity (Wildman–Crippen MR) is 66.0 cm³/mol. The minimum Gasteiger partial charge on any atom is -0.369 e. The molecular formula is C11H14N4S. The van der Waals surface area contributed by atoms with Gasteiger partial charge in [0.1, 0.15) is 11.1 Å². The third kappa shape index (κ3) is 1.94. The van der Waals surface area contributed by atoms with Gasteiger partial charge in [0.25, 0.3) is 0 Å². The highest BCUT2D eigenvalue weighted by Gasteiger charge is 2.24. The van der Waals surface area contributed by atoms with Crippen molar-refractivity contribution < 1.29 is 0 Å². The van der Waals surface area contributed by atoms with Crippen molar-refractivity contribution >= 4 is 22.7 Å². The second-order valence-electron chi connectivity index (χ2n) is 4.18. The number of rotatable bonds is 2. The first-order valence-electron chi connectivity index (χ1n) is 5.05. The van der Waals surface area contributed by atoms with Gasteiger partial charge in [0.2, 0.25) is 0 Å². The molecular weight excluding hydrogens is 220 g/mol. The number of fused-ring (bicyclic) bond motifs is 1. The van der Waals surface area contributed by atoms with E-state index in [-0.39, 0.29) is 0 Å². The van der Waals surface area contributed by atoms with Crippen LogP contribution in [0, 0.1) is 11.3 Å². The molecule has 1 aliphatic rings. The summed E-state index contributed by atoms with van der Waals surface area (Å²) in [6.07, 6.45) is 1.74. The second kappa shape index (κ2) is 4.24. The lowest BCUT2D eigenvalue weighted by molar-refractivity contribution is 0.354. The molecule has 16 heavy (non-hydrogen) atoms. The largest absolute Gasteiger partial charge is 0.369 e. The van der Waals surface area contributed by atoms with Crippen molar-refractivity contribution in [3.63, 3.8) is 0 Å².